The second-order valence-electron chi connectivity index (χ2n) is 5.98. The molecule has 2 nitrogen and oxygen atoms in total. The van der Waals surface area contributed by atoms with Crippen LogP contribution in [0.1, 0.15) is 42.3 Å². The monoisotopic (exact) mass is 268 g/mol. The predicted octanol–water partition coefficient (Wildman–Crippen LogP) is 4.51. The summed E-state index contributed by atoms with van der Waals surface area (Å²) in [4.78, 5) is 12.2. The Morgan fingerprint density at radius 2 is 1.65 bits per heavy atom. The third-order valence-corrected chi connectivity index (χ3v) is 3.27. The molecule has 2 heteroatoms. The quantitative estimate of drug-likeness (QED) is 0.591. The van der Waals surface area contributed by atoms with Crippen LogP contribution in [0.25, 0.3) is 0 Å². The van der Waals surface area contributed by atoms with E-state index in [1.165, 1.54) is 5.56 Å². The molecule has 2 aromatic rings. The summed E-state index contributed by atoms with van der Waals surface area (Å²) < 4.78 is 5.37. The maximum atomic E-state index is 12.2. The van der Waals surface area contributed by atoms with Gasteiger partial charge in [0.1, 0.15) is 5.75 Å². The van der Waals surface area contributed by atoms with Crippen LogP contribution >= 0.6 is 0 Å². The van der Waals surface area contributed by atoms with Crippen molar-refractivity contribution in [3.05, 3.63) is 65.2 Å². The van der Waals surface area contributed by atoms with E-state index in [1.807, 2.05) is 37.3 Å². The molecule has 0 bridgehead atoms. The lowest BCUT2D eigenvalue weighted by atomic mass is 9.85. The van der Waals surface area contributed by atoms with Gasteiger partial charge in [0, 0.05) is 0 Å². The second kappa shape index (κ2) is 5.49. The van der Waals surface area contributed by atoms with Crippen molar-refractivity contribution in [1.82, 2.24) is 0 Å². The average molecular weight is 268 g/mol. The minimum absolute atomic E-state index is 0.0760. The molecule has 0 saturated carbocycles. The lowest BCUT2D eigenvalue weighted by Gasteiger charge is -2.20. The lowest BCUT2D eigenvalue weighted by molar-refractivity contribution is 0.0734. The van der Waals surface area contributed by atoms with E-state index in [-0.39, 0.29) is 11.4 Å². The number of aryl methyl sites for hydroxylation is 1. The van der Waals surface area contributed by atoms with E-state index >= 15 is 0 Å². The van der Waals surface area contributed by atoms with Crippen molar-refractivity contribution in [3.8, 4) is 5.75 Å². The zero-order valence-corrected chi connectivity index (χ0v) is 12.4. The number of para-hydroxylation sites is 1. The highest BCUT2D eigenvalue weighted by molar-refractivity contribution is 5.92. The number of benzene rings is 2. The van der Waals surface area contributed by atoms with Gasteiger partial charge in [-0.15, -0.1) is 0 Å². The molecule has 0 spiro atoms. The van der Waals surface area contributed by atoms with Crippen LogP contribution in [0.4, 0.5) is 0 Å². The predicted molar refractivity (Wildman–Crippen MR) is 81.3 cm³/mol. The van der Waals surface area contributed by atoms with Crippen molar-refractivity contribution >= 4 is 5.97 Å². The standard InChI is InChI=1S/C18H20O2/c1-13-12-14(18(2,3)4)10-11-16(13)17(19)20-15-8-6-5-7-9-15/h5-12H,1-4H3. The van der Waals surface area contributed by atoms with Crippen LogP contribution in [0.5, 0.6) is 5.75 Å². The Balaban J connectivity index is 2.23. The molecule has 0 unspecified atom stereocenters. The molecular formula is C18H20O2. The Labute approximate surface area is 120 Å². The van der Waals surface area contributed by atoms with E-state index in [4.69, 9.17) is 4.74 Å². The Hall–Kier alpha value is -2.09. The first-order chi connectivity index (χ1) is 9.38. The molecule has 0 aliphatic rings. The fourth-order valence-corrected chi connectivity index (χ4v) is 2.01. The van der Waals surface area contributed by atoms with Crippen molar-refractivity contribution in [2.45, 2.75) is 33.1 Å². The summed E-state index contributed by atoms with van der Waals surface area (Å²) in [5.74, 6) is 0.256. The van der Waals surface area contributed by atoms with E-state index in [0.717, 1.165) is 5.56 Å². The highest BCUT2D eigenvalue weighted by Crippen LogP contribution is 2.25. The molecule has 2 rings (SSSR count). The van der Waals surface area contributed by atoms with Gasteiger partial charge in [0.15, 0.2) is 0 Å². The number of hydrogen-bond acceptors (Lipinski definition) is 2. The number of carbonyl (C=O) groups excluding carboxylic acids is 1. The Kier molecular flexibility index (Phi) is 3.93. The fourth-order valence-electron chi connectivity index (χ4n) is 2.01. The van der Waals surface area contributed by atoms with E-state index in [9.17, 15) is 4.79 Å². The maximum Gasteiger partial charge on any atom is 0.343 e. The summed E-state index contributed by atoms with van der Waals surface area (Å²) in [7, 11) is 0. The molecule has 20 heavy (non-hydrogen) atoms. The highest BCUT2D eigenvalue weighted by atomic mass is 16.5. The van der Waals surface area contributed by atoms with Crippen molar-refractivity contribution in [2.24, 2.45) is 0 Å². The second-order valence-corrected chi connectivity index (χ2v) is 5.98. The van der Waals surface area contributed by atoms with E-state index in [1.54, 1.807) is 12.1 Å². The number of rotatable bonds is 2. The molecule has 0 radical (unpaired) electrons. The van der Waals surface area contributed by atoms with Crippen LogP contribution in [-0.4, -0.2) is 5.97 Å². The molecule has 0 N–H and O–H groups in total. The van der Waals surface area contributed by atoms with Crippen LogP contribution in [0.15, 0.2) is 48.5 Å². The maximum absolute atomic E-state index is 12.2. The molecule has 0 saturated heterocycles. The summed E-state index contributed by atoms with van der Waals surface area (Å²) in [6, 6.07) is 15.0. The number of ether oxygens (including phenoxy) is 1. The van der Waals surface area contributed by atoms with Gasteiger partial charge in [0.05, 0.1) is 5.56 Å². The normalized spacial score (nSPS) is 11.2. The molecule has 2 aromatic carbocycles. The average Bonchev–Trinajstić information content (AvgIpc) is 2.38. The third-order valence-electron chi connectivity index (χ3n) is 3.27. The van der Waals surface area contributed by atoms with Crippen molar-refractivity contribution in [3.63, 3.8) is 0 Å². The Morgan fingerprint density at radius 3 is 2.20 bits per heavy atom. The summed E-state index contributed by atoms with van der Waals surface area (Å²) in [5, 5.41) is 0. The van der Waals surface area contributed by atoms with Gasteiger partial charge < -0.3 is 4.74 Å². The molecule has 0 atom stereocenters. The minimum atomic E-state index is -0.311. The van der Waals surface area contributed by atoms with Gasteiger partial charge in [-0.25, -0.2) is 4.79 Å². The van der Waals surface area contributed by atoms with Crippen LogP contribution < -0.4 is 4.74 Å². The number of esters is 1. The highest BCUT2D eigenvalue weighted by Gasteiger charge is 2.17. The zero-order valence-electron chi connectivity index (χ0n) is 12.4. The molecule has 104 valence electrons. The molecule has 0 amide bonds. The molecule has 0 aliphatic carbocycles. The van der Waals surface area contributed by atoms with E-state index < -0.39 is 0 Å². The number of carbonyl (C=O) groups is 1. The van der Waals surface area contributed by atoms with Gasteiger partial charge in [-0.2, -0.15) is 0 Å². The van der Waals surface area contributed by atoms with E-state index in [0.29, 0.717) is 11.3 Å². The molecule has 0 aliphatic heterocycles. The van der Waals surface area contributed by atoms with Crippen LogP contribution in [0.3, 0.4) is 0 Å². The fraction of sp³-hybridized carbons (Fsp3) is 0.278. The Morgan fingerprint density at radius 1 is 1.00 bits per heavy atom. The first kappa shape index (κ1) is 14.3. The first-order valence-corrected chi connectivity index (χ1v) is 6.76. The smallest absolute Gasteiger partial charge is 0.343 e. The van der Waals surface area contributed by atoms with E-state index in [2.05, 4.69) is 26.8 Å². The van der Waals surface area contributed by atoms with Gasteiger partial charge in [-0.1, -0.05) is 51.1 Å². The van der Waals surface area contributed by atoms with Crippen LogP contribution in [0, 0.1) is 6.92 Å². The lowest BCUT2D eigenvalue weighted by Crippen LogP contribution is -2.14. The van der Waals surface area contributed by atoms with Gasteiger partial charge in [-0.05, 0) is 41.7 Å². The summed E-state index contributed by atoms with van der Waals surface area (Å²) >= 11 is 0. The first-order valence-electron chi connectivity index (χ1n) is 6.76. The molecule has 0 aromatic heterocycles. The van der Waals surface area contributed by atoms with Crippen molar-refractivity contribution in [2.75, 3.05) is 0 Å². The molecule has 0 heterocycles. The van der Waals surface area contributed by atoms with Gasteiger partial charge in [0.25, 0.3) is 0 Å². The number of hydrogen-bond donors (Lipinski definition) is 0. The summed E-state index contributed by atoms with van der Waals surface area (Å²) in [6.07, 6.45) is 0. The van der Waals surface area contributed by atoms with Crippen molar-refractivity contribution in [1.29, 1.82) is 0 Å². The summed E-state index contributed by atoms with van der Waals surface area (Å²) in [6.45, 7) is 8.41. The third kappa shape index (κ3) is 3.27. The summed E-state index contributed by atoms with van der Waals surface area (Å²) in [5.41, 5.74) is 2.85. The largest absolute Gasteiger partial charge is 0.423 e. The van der Waals surface area contributed by atoms with Crippen LogP contribution in [-0.2, 0) is 5.41 Å². The van der Waals surface area contributed by atoms with Gasteiger partial charge >= 0.3 is 5.97 Å². The van der Waals surface area contributed by atoms with Gasteiger partial charge in [-0.3, -0.25) is 0 Å². The zero-order chi connectivity index (χ0) is 14.8. The Bertz CT molecular complexity index is 607. The molecular weight excluding hydrogens is 248 g/mol. The van der Waals surface area contributed by atoms with Crippen LogP contribution in [0.2, 0.25) is 0 Å². The topological polar surface area (TPSA) is 26.3 Å². The minimum Gasteiger partial charge on any atom is -0.423 e. The molecule has 0 fully saturated rings. The SMILES string of the molecule is Cc1cc(C(C)(C)C)ccc1C(=O)Oc1ccccc1. The van der Waals surface area contributed by atoms with Gasteiger partial charge in [0.2, 0.25) is 0 Å². The van der Waals surface area contributed by atoms with Crippen molar-refractivity contribution < 1.29 is 9.53 Å².